The highest BCUT2D eigenvalue weighted by molar-refractivity contribution is 6.34. The number of carbonyl (C=O) groups excluding carboxylic acids is 1. The van der Waals surface area contributed by atoms with Gasteiger partial charge in [-0.3, -0.25) is 9.59 Å². The fourth-order valence-electron chi connectivity index (χ4n) is 1.85. The van der Waals surface area contributed by atoms with Crippen LogP contribution in [0.5, 0.6) is 0 Å². The minimum absolute atomic E-state index is 0.291. The summed E-state index contributed by atoms with van der Waals surface area (Å²) in [6, 6.07) is 6.49. The summed E-state index contributed by atoms with van der Waals surface area (Å²) in [7, 11) is 0. The molecule has 0 aliphatic heterocycles. The first-order valence-corrected chi connectivity index (χ1v) is 6.12. The van der Waals surface area contributed by atoms with Crippen LogP contribution in [0.2, 0.25) is 5.02 Å². The van der Waals surface area contributed by atoms with Gasteiger partial charge in [-0.25, -0.2) is 0 Å². The molecule has 0 aliphatic carbocycles. The second-order valence-electron chi connectivity index (χ2n) is 4.33. The van der Waals surface area contributed by atoms with Gasteiger partial charge in [0.25, 0.3) is 5.91 Å². The van der Waals surface area contributed by atoms with Crippen molar-refractivity contribution in [3.8, 4) is 0 Å². The summed E-state index contributed by atoms with van der Waals surface area (Å²) in [6.07, 6.45) is 1.43. The zero-order chi connectivity index (χ0) is 14.0. The largest absolute Gasteiger partial charge is 0.329 e. The number of H-pyrrole nitrogens is 1. The molecule has 0 aliphatic rings. The first kappa shape index (κ1) is 13.4. The quantitative estimate of drug-likeness (QED) is 0.886. The number of hydrogen-bond donors (Lipinski definition) is 2. The Bertz CT molecular complexity index is 669. The van der Waals surface area contributed by atoms with E-state index in [1.54, 1.807) is 6.07 Å². The zero-order valence-corrected chi connectivity index (χ0v) is 11.3. The Morgan fingerprint density at radius 3 is 2.63 bits per heavy atom. The van der Waals surface area contributed by atoms with E-state index in [4.69, 9.17) is 11.6 Å². The Morgan fingerprint density at radius 2 is 2.00 bits per heavy atom. The lowest BCUT2D eigenvalue weighted by Crippen LogP contribution is -2.16. The van der Waals surface area contributed by atoms with Gasteiger partial charge in [0.1, 0.15) is 0 Å². The van der Waals surface area contributed by atoms with E-state index in [2.05, 4.69) is 10.3 Å². The van der Waals surface area contributed by atoms with Gasteiger partial charge in [0.2, 0.25) is 5.56 Å². The molecule has 0 spiro atoms. The third kappa shape index (κ3) is 3.03. The lowest BCUT2D eigenvalue weighted by atomic mass is 10.1. The summed E-state index contributed by atoms with van der Waals surface area (Å²) in [5.41, 5.74) is 2.44. The van der Waals surface area contributed by atoms with Gasteiger partial charge in [0.15, 0.2) is 0 Å². The van der Waals surface area contributed by atoms with Gasteiger partial charge in [-0.2, -0.15) is 0 Å². The number of aromatic amines is 1. The number of carbonyl (C=O) groups is 1. The van der Waals surface area contributed by atoms with E-state index in [0.29, 0.717) is 16.3 Å². The molecule has 1 aromatic heterocycles. The van der Waals surface area contributed by atoms with Crippen molar-refractivity contribution >= 4 is 23.2 Å². The molecule has 1 aromatic carbocycles. The maximum atomic E-state index is 12.0. The summed E-state index contributed by atoms with van der Waals surface area (Å²) < 4.78 is 0. The van der Waals surface area contributed by atoms with Crippen LogP contribution in [-0.4, -0.2) is 10.9 Å². The Kier molecular flexibility index (Phi) is 3.71. The van der Waals surface area contributed by atoms with Crippen molar-refractivity contribution in [2.24, 2.45) is 0 Å². The fraction of sp³-hybridized carbons (Fsp3) is 0.143. The molecule has 0 saturated heterocycles. The Morgan fingerprint density at radius 1 is 1.26 bits per heavy atom. The maximum Gasteiger partial charge on any atom is 0.255 e. The minimum atomic E-state index is -0.361. The highest BCUT2D eigenvalue weighted by atomic mass is 35.5. The summed E-state index contributed by atoms with van der Waals surface area (Å²) in [5, 5.41) is 3.21. The second kappa shape index (κ2) is 5.28. The molecule has 4 nitrogen and oxygen atoms in total. The monoisotopic (exact) mass is 276 g/mol. The molecule has 0 radical (unpaired) electrons. The first-order chi connectivity index (χ1) is 8.97. The molecule has 2 rings (SSSR count). The van der Waals surface area contributed by atoms with Crippen LogP contribution in [0.4, 0.5) is 5.69 Å². The third-order valence-corrected chi connectivity index (χ3v) is 3.01. The highest BCUT2D eigenvalue weighted by Gasteiger charge is 2.11. The minimum Gasteiger partial charge on any atom is -0.329 e. The van der Waals surface area contributed by atoms with E-state index in [9.17, 15) is 9.59 Å². The molecule has 5 heteroatoms. The molecule has 0 atom stereocenters. The molecule has 0 saturated carbocycles. The van der Waals surface area contributed by atoms with Crippen molar-refractivity contribution in [3.05, 3.63) is 62.5 Å². The molecular weight excluding hydrogens is 264 g/mol. The van der Waals surface area contributed by atoms with E-state index in [1.165, 1.54) is 18.3 Å². The number of pyridine rings is 1. The number of aryl methyl sites for hydroxylation is 2. The molecule has 1 amide bonds. The fourth-order valence-corrected chi connectivity index (χ4v) is 2.21. The van der Waals surface area contributed by atoms with E-state index in [-0.39, 0.29) is 11.5 Å². The van der Waals surface area contributed by atoms with Crippen LogP contribution in [0.25, 0.3) is 0 Å². The van der Waals surface area contributed by atoms with Gasteiger partial charge in [-0.1, -0.05) is 17.7 Å². The number of hydrogen-bond acceptors (Lipinski definition) is 2. The molecule has 2 aromatic rings. The Labute approximate surface area is 115 Å². The van der Waals surface area contributed by atoms with Crippen LogP contribution >= 0.6 is 11.6 Å². The second-order valence-corrected chi connectivity index (χ2v) is 4.74. The van der Waals surface area contributed by atoms with E-state index in [1.807, 2.05) is 19.9 Å². The standard InChI is InChI=1S/C14H13ClN2O2/c1-8-5-9(2)13(11(15)6-8)17-14(19)10-3-4-16-12(18)7-10/h3-7H,1-2H3,(H,16,18)(H,17,19). The van der Waals surface area contributed by atoms with Crippen molar-refractivity contribution in [3.63, 3.8) is 0 Å². The summed E-state index contributed by atoms with van der Waals surface area (Å²) in [5.74, 6) is -0.361. The van der Waals surface area contributed by atoms with Gasteiger partial charge in [0, 0.05) is 17.8 Å². The van der Waals surface area contributed by atoms with Crippen molar-refractivity contribution < 1.29 is 4.79 Å². The molecule has 1 heterocycles. The zero-order valence-electron chi connectivity index (χ0n) is 10.6. The predicted octanol–water partition coefficient (Wildman–Crippen LogP) is 2.90. The number of anilines is 1. The number of rotatable bonds is 2. The number of amides is 1. The van der Waals surface area contributed by atoms with Crippen molar-refractivity contribution in [2.45, 2.75) is 13.8 Å². The number of halogens is 1. The van der Waals surface area contributed by atoms with Crippen LogP contribution in [0.3, 0.4) is 0 Å². The maximum absolute atomic E-state index is 12.0. The van der Waals surface area contributed by atoms with Crippen molar-refractivity contribution in [1.82, 2.24) is 4.98 Å². The summed E-state index contributed by atoms with van der Waals surface area (Å²) >= 11 is 6.11. The van der Waals surface area contributed by atoms with Crippen LogP contribution in [0.15, 0.2) is 35.3 Å². The molecule has 0 fully saturated rings. The van der Waals surface area contributed by atoms with Crippen molar-refractivity contribution in [1.29, 1.82) is 0 Å². The smallest absolute Gasteiger partial charge is 0.255 e. The molecular formula is C14H13ClN2O2. The van der Waals surface area contributed by atoms with Crippen LogP contribution in [0, 0.1) is 13.8 Å². The van der Waals surface area contributed by atoms with Gasteiger partial charge in [0.05, 0.1) is 10.7 Å². The van der Waals surface area contributed by atoms with Gasteiger partial charge in [-0.15, -0.1) is 0 Å². The predicted molar refractivity (Wildman–Crippen MR) is 75.9 cm³/mol. The average molecular weight is 277 g/mol. The third-order valence-electron chi connectivity index (χ3n) is 2.71. The van der Waals surface area contributed by atoms with Crippen LogP contribution in [0.1, 0.15) is 21.5 Å². The first-order valence-electron chi connectivity index (χ1n) is 5.74. The molecule has 98 valence electrons. The Hall–Kier alpha value is -2.07. The van der Waals surface area contributed by atoms with Gasteiger partial charge < -0.3 is 10.3 Å². The molecule has 0 unspecified atom stereocenters. The van der Waals surface area contributed by atoms with Crippen LogP contribution in [-0.2, 0) is 0 Å². The summed E-state index contributed by atoms with van der Waals surface area (Å²) in [6.45, 7) is 3.80. The molecule has 19 heavy (non-hydrogen) atoms. The van der Waals surface area contributed by atoms with E-state index in [0.717, 1.165) is 11.1 Å². The topological polar surface area (TPSA) is 62.0 Å². The van der Waals surface area contributed by atoms with E-state index >= 15 is 0 Å². The van der Waals surface area contributed by atoms with Crippen LogP contribution < -0.4 is 10.9 Å². The molecule has 0 bridgehead atoms. The van der Waals surface area contributed by atoms with Gasteiger partial charge in [-0.05, 0) is 37.1 Å². The van der Waals surface area contributed by atoms with E-state index < -0.39 is 0 Å². The summed E-state index contributed by atoms with van der Waals surface area (Å²) in [4.78, 5) is 25.7. The Balaban J connectivity index is 2.32. The number of aromatic nitrogens is 1. The molecule has 2 N–H and O–H groups in total. The van der Waals surface area contributed by atoms with Gasteiger partial charge >= 0.3 is 0 Å². The normalized spacial score (nSPS) is 10.3. The number of benzene rings is 1. The highest BCUT2D eigenvalue weighted by Crippen LogP contribution is 2.27. The lowest BCUT2D eigenvalue weighted by Gasteiger charge is -2.11. The lowest BCUT2D eigenvalue weighted by molar-refractivity contribution is 0.102. The average Bonchev–Trinajstić information content (AvgIpc) is 2.33. The van der Waals surface area contributed by atoms with Crippen molar-refractivity contribution in [2.75, 3.05) is 5.32 Å². The SMILES string of the molecule is Cc1cc(C)c(NC(=O)c2cc[nH]c(=O)c2)c(Cl)c1. The number of nitrogens with one attached hydrogen (secondary N) is 2.